The van der Waals surface area contributed by atoms with Gasteiger partial charge in [0, 0.05) is 12.8 Å². The third-order valence-corrected chi connectivity index (χ3v) is 9.14. The van der Waals surface area contributed by atoms with E-state index in [-0.39, 0.29) is 25.2 Å². The summed E-state index contributed by atoms with van der Waals surface area (Å²) in [6.45, 7) is 3.98. The Balaban J connectivity index is 3.43. The zero-order chi connectivity index (χ0) is 36.4. The Kier molecular flexibility index (Phi) is 39.5. The van der Waals surface area contributed by atoms with E-state index in [1.807, 2.05) is 0 Å². The van der Waals surface area contributed by atoms with Gasteiger partial charge in [-0.15, -0.1) is 0 Å². The maximum absolute atomic E-state index is 12.1. The van der Waals surface area contributed by atoms with E-state index in [4.69, 9.17) is 9.47 Å². The monoisotopic (exact) mass is 701 g/mol. The van der Waals surface area contributed by atoms with Gasteiger partial charge in [-0.2, -0.15) is 0 Å². The number of allylic oxidation sites excluding steroid dienone is 8. The van der Waals surface area contributed by atoms with Crippen LogP contribution >= 0.6 is 0 Å². The molecule has 0 rings (SSSR count). The molecule has 0 aromatic carbocycles. The zero-order valence-corrected chi connectivity index (χ0v) is 32.9. The van der Waals surface area contributed by atoms with Gasteiger partial charge in [0.05, 0.1) is 6.61 Å². The Morgan fingerprint density at radius 3 is 1.30 bits per heavy atom. The molecule has 290 valence electrons. The van der Waals surface area contributed by atoms with Crippen molar-refractivity contribution in [2.75, 3.05) is 13.2 Å². The summed E-state index contributed by atoms with van der Waals surface area (Å²) in [5, 5.41) is 9.51. The smallest absolute Gasteiger partial charge is 0.306 e. The third kappa shape index (κ3) is 38.7. The van der Waals surface area contributed by atoms with Crippen LogP contribution in [0.4, 0.5) is 0 Å². The standard InChI is InChI=1S/C45H80O5/c1-3-5-7-9-11-12-13-14-15-16-17-18-19-20-21-22-23-24-25-26-27-28-29-30-31-32-34-36-38-40-45(48)50-43(41-46)42-49-44(47)39-37-35-33-10-8-6-4-2/h5,7,11-12,14-15,17-18,43,46H,3-4,6,8-10,13,16,19-42H2,1-2H3/b7-5-,12-11-,15-14-,18-17-. The van der Waals surface area contributed by atoms with Crippen molar-refractivity contribution in [1.29, 1.82) is 0 Å². The number of unbranched alkanes of at least 4 members (excludes halogenated alkanes) is 22. The predicted octanol–water partition coefficient (Wildman–Crippen LogP) is 13.4. The van der Waals surface area contributed by atoms with E-state index in [2.05, 4.69) is 62.5 Å². The Labute approximate surface area is 309 Å². The summed E-state index contributed by atoms with van der Waals surface area (Å²) in [7, 11) is 0. The summed E-state index contributed by atoms with van der Waals surface area (Å²) < 4.78 is 10.5. The molecule has 0 spiro atoms. The first-order valence-electron chi connectivity index (χ1n) is 21.2. The maximum Gasteiger partial charge on any atom is 0.306 e. The largest absolute Gasteiger partial charge is 0.462 e. The molecule has 0 heterocycles. The van der Waals surface area contributed by atoms with Crippen molar-refractivity contribution in [3.05, 3.63) is 48.6 Å². The lowest BCUT2D eigenvalue weighted by molar-refractivity contribution is -0.161. The van der Waals surface area contributed by atoms with E-state index in [1.165, 1.54) is 116 Å². The molecule has 5 heteroatoms. The van der Waals surface area contributed by atoms with Crippen LogP contribution in [0.25, 0.3) is 0 Å². The number of hydrogen-bond acceptors (Lipinski definition) is 5. The molecular formula is C45H80O5. The molecule has 0 aliphatic heterocycles. The van der Waals surface area contributed by atoms with Crippen molar-refractivity contribution < 1.29 is 24.2 Å². The van der Waals surface area contributed by atoms with E-state index in [9.17, 15) is 14.7 Å². The summed E-state index contributed by atoms with van der Waals surface area (Å²) in [4.78, 5) is 24.1. The molecule has 0 aromatic rings. The van der Waals surface area contributed by atoms with Crippen LogP contribution in [0.5, 0.6) is 0 Å². The molecule has 0 aromatic heterocycles. The summed E-state index contributed by atoms with van der Waals surface area (Å²) in [6.07, 6.45) is 52.1. The van der Waals surface area contributed by atoms with Crippen LogP contribution in [0.1, 0.15) is 206 Å². The van der Waals surface area contributed by atoms with E-state index in [0.29, 0.717) is 12.8 Å². The van der Waals surface area contributed by atoms with E-state index in [0.717, 1.165) is 64.2 Å². The van der Waals surface area contributed by atoms with Crippen LogP contribution in [-0.2, 0) is 19.1 Å². The van der Waals surface area contributed by atoms with Crippen molar-refractivity contribution >= 4 is 11.9 Å². The zero-order valence-electron chi connectivity index (χ0n) is 32.9. The average Bonchev–Trinajstić information content (AvgIpc) is 3.12. The molecule has 0 saturated heterocycles. The van der Waals surface area contributed by atoms with Gasteiger partial charge in [0.2, 0.25) is 0 Å². The van der Waals surface area contributed by atoms with Crippen LogP contribution in [0.2, 0.25) is 0 Å². The highest BCUT2D eigenvalue weighted by Gasteiger charge is 2.16. The highest BCUT2D eigenvalue weighted by molar-refractivity contribution is 5.70. The fourth-order valence-electron chi connectivity index (χ4n) is 5.96. The Bertz CT molecular complexity index is 842. The fraction of sp³-hybridized carbons (Fsp3) is 0.778. The van der Waals surface area contributed by atoms with Crippen LogP contribution in [0.3, 0.4) is 0 Å². The number of carbonyl (C=O) groups excluding carboxylic acids is 2. The first kappa shape index (κ1) is 47.9. The minimum atomic E-state index is -0.766. The molecule has 50 heavy (non-hydrogen) atoms. The number of ether oxygens (including phenoxy) is 2. The molecule has 0 saturated carbocycles. The van der Waals surface area contributed by atoms with Crippen LogP contribution < -0.4 is 0 Å². The molecule has 1 unspecified atom stereocenters. The van der Waals surface area contributed by atoms with E-state index < -0.39 is 6.10 Å². The molecule has 0 amide bonds. The fourth-order valence-corrected chi connectivity index (χ4v) is 5.96. The quantitative estimate of drug-likeness (QED) is 0.0394. The summed E-state index contributed by atoms with van der Waals surface area (Å²) >= 11 is 0. The Morgan fingerprint density at radius 2 is 0.860 bits per heavy atom. The molecule has 0 bridgehead atoms. The van der Waals surface area contributed by atoms with Crippen molar-refractivity contribution in [3.63, 3.8) is 0 Å². The van der Waals surface area contributed by atoms with Gasteiger partial charge in [0.15, 0.2) is 6.10 Å². The number of esters is 2. The minimum Gasteiger partial charge on any atom is -0.462 e. The van der Waals surface area contributed by atoms with E-state index in [1.54, 1.807) is 0 Å². The molecule has 0 aliphatic rings. The van der Waals surface area contributed by atoms with Gasteiger partial charge < -0.3 is 14.6 Å². The van der Waals surface area contributed by atoms with Crippen LogP contribution in [0, 0.1) is 0 Å². The topological polar surface area (TPSA) is 72.8 Å². The molecule has 0 radical (unpaired) electrons. The predicted molar refractivity (Wildman–Crippen MR) is 214 cm³/mol. The summed E-state index contributed by atoms with van der Waals surface area (Å²) in [6, 6.07) is 0. The number of aliphatic hydroxyl groups excluding tert-OH is 1. The third-order valence-electron chi connectivity index (χ3n) is 9.14. The van der Waals surface area contributed by atoms with Gasteiger partial charge in [-0.25, -0.2) is 0 Å². The average molecular weight is 701 g/mol. The maximum atomic E-state index is 12.1. The van der Waals surface area contributed by atoms with Crippen molar-refractivity contribution in [3.8, 4) is 0 Å². The number of carbonyl (C=O) groups is 2. The lowest BCUT2D eigenvalue weighted by atomic mass is 10.0. The van der Waals surface area contributed by atoms with Gasteiger partial charge >= 0.3 is 11.9 Å². The SMILES string of the molecule is CC/C=C\C/C=C\C/C=C\C/C=C\CCCCCCCCCCCCCCCCCCC(=O)OC(CO)COC(=O)CCCCCCCCC. The molecule has 0 aliphatic carbocycles. The number of hydrogen-bond donors (Lipinski definition) is 1. The van der Waals surface area contributed by atoms with Crippen molar-refractivity contribution in [2.45, 2.75) is 213 Å². The molecule has 1 N–H and O–H groups in total. The Morgan fingerprint density at radius 1 is 0.480 bits per heavy atom. The molecular weight excluding hydrogens is 620 g/mol. The lowest BCUT2D eigenvalue weighted by Gasteiger charge is -2.15. The highest BCUT2D eigenvalue weighted by Crippen LogP contribution is 2.15. The first-order chi connectivity index (χ1) is 24.6. The summed E-state index contributed by atoms with van der Waals surface area (Å²) in [5.41, 5.74) is 0. The lowest BCUT2D eigenvalue weighted by Crippen LogP contribution is -2.28. The minimum absolute atomic E-state index is 0.0637. The Hall–Kier alpha value is -2.14. The second-order valence-corrected chi connectivity index (χ2v) is 14.0. The molecule has 5 nitrogen and oxygen atoms in total. The van der Waals surface area contributed by atoms with Gasteiger partial charge in [0.25, 0.3) is 0 Å². The summed E-state index contributed by atoms with van der Waals surface area (Å²) in [5.74, 6) is -0.594. The van der Waals surface area contributed by atoms with Crippen molar-refractivity contribution in [2.24, 2.45) is 0 Å². The van der Waals surface area contributed by atoms with Gasteiger partial charge in [0.1, 0.15) is 6.61 Å². The van der Waals surface area contributed by atoms with Gasteiger partial charge in [-0.1, -0.05) is 191 Å². The van der Waals surface area contributed by atoms with Gasteiger partial charge in [-0.3, -0.25) is 9.59 Å². The first-order valence-corrected chi connectivity index (χ1v) is 21.2. The van der Waals surface area contributed by atoms with Crippen molar-refractivity contribution in [1.82, 2.24) is 0 Å². The van der Waals surface area contributed by atoms with Crippen LogP contribution in [-0.4, -0.2) is 36.4 Å². The van der Waals surface area contributed by atoms with Gasteiger partial charge in [-0.05, 0) is 51.4 Å². The van der Waals surface area contributed by atoms with Crippen LogP contribution in [0.15, 0.2) is 48.6 Å². The molecule has 0 fully saturated rings. The van der Waals surface area contributed by atoms with E-state index >= 15 is 0 Å². The number of rotatable bonds is 38. The highest BCUT2D eigenvalue weighted by atomic mass is 16.6. The second-order valence-electron chi connectivity index (χ2n) is 14.0. The second kappa shape index (κ2) is 41.3. The normalized spacial score (nSPS) is 12.6. The molecule has 1 atom stereocenters. The number of aliphatic hydroxyl groups is 1.